The van der Waals surface area contributed by atoms with Crippen molar-refractivity contribution >= 4 is 17.6 Å². The number of benzene rings is 1. The van der Waals surface area contributed by atoms with Gasteiger partial charge >= 0.3 is 5.97 Å². The van der Waals surface area contributed by atoms with Crippen LogP contribution in [-0.4, -0.2) is 24.5 Å². The lowest BCUT2D eigenvalue weighted by Gasteiger charge is -2.56. The van der Waals surface area contributed by atoms with Gasteiger partial charge in [-0.05, 0) is 68.4 Å². The minimum absolute atomic E-state index is 0.00964. The smallest absolute Gasteiger partial charge is 0.339 e. The van der Waals surface area contributed by atoms with Gasteiger partial charge in [0.1, 0.15) is 11.6 Å². The first kappa shape index (κ1) is 18.5. The maximum atomic E-state index is 12.6. The Morgan fingerprint density at radius 3 is 2.32 bits per heavy atom. The topological polar surface area (TPSA) is 91.2 Å². The number of esters is 1. The Bertz CT molecular complexity index is 833. The summed E-state index contributed by atoms with van der Waals surface area (Å²) in [6.07, 6.45) is 8.95. The fourth-order valence-corrected chi connectivity index (χ4v) is 5.73. The van der Waals surface area contributed by atoms with Crippen molar-refractivity contribution in [3.05, 3.63) is 41.6 Å². The van der Waals surface area contributed by atoms with Gasteiger partial charge in [0.15, 0.2) is 0 Å². The summed E-state index contributed by atoms with van der Waals surface area (Å²) in [5.74, 6) is 1.26. The summed E-state index contributed by atoms with van der Waals surface area (Å²) in [5.41, 5.74) is 0.622. The van der Waals surface area contributed by atoms with Crippen molar-refractivity contribution in [1.82, 2.24) is 5.32 Å². The van der Waals surface area contributed by atoms with Crippen LogP contribution in [0.2, 0.25) is 0 Å². The molecule has 146 valence electrons. The quantitative estimate of drug-likeness (QED) is 0.465. The number of hydrogen-bond acceptors (Lipinski definition) is 5. The molecule has 0 unspecified atom stereocenters. The average molecular weight is 379 g/mol. The molecule has 0 atom stereocenters. The first-order chi connectivity index (χ1) is 13.5. The summed E-state index contributed by atoms with van der Waals surface area (Å²) in [6, 6.07) is 8.58. The molecule has 4 aliphatic rings. The SMILES string of the molecule is COC(=O)c1ccccc1NC(=O)/C(C#N)=C\NC12CC3CC(CC(C3)C1)C2. The van der Waals surface area contributed by atoms with Gasteiger partial charge in [-0.3, -0.25) is 4.79 Å². The standard InChI is InChI=1S/C22H25N3O3/c1-28-21(27)18-4-2-3-5-19(18)25-20(26)17(12-23)13-24-22-9-14-6-15(10-22)8-16(7-14)11-22/h2-5,13-16,24H,6-11H2,1H3,(H,25,26)/b17-13-. The van der Waals surface area contributed by atoms with E-state index in [2.05, 4.69) is 10.6 Å². The highest BCUT2D eigenvalue weighted by Gasteiger charge is 2.50. The Morgan fingerprint density at radius 2 is 1.75 bits per heavy atom. The zero-order valence-electron chi connectivity index (χ0n) is 16.0. The monoisotopic (exact) mass is 379 g/mol. The van der Waals surface area contributed by atoms with Crippen LogP contribution < -0.4 is 10.6 Å². The Labute approximate surface area is 164 Å². The van der Waals surface area contributed by atoms with Crippen LogP contribution in [0.1, 0.15) is 48.9 Å². The molecule has 6 nitrogen and oxygen atoms in total. The van der Waals surface area contributed by atoms with Crippen molar-refractivity contribution in [2.24, 2.45) is 17.8 Å². The number of ether oxygens (including phenoxy) is 1. The molecule has 0 saturated heterocycles. The van der Waals surface area contributed by atoms with Gasteiger partial charge in [-0.15, -0.1) is 0 Å². The molecule has 0 aromatic heterocycles. The van der Waals surface area contributed by atoms with E-state index < -0.39 is 11.9 Å². The van der Waals surface area contributed by atoms with Crippen molar-refractivity contribution < 1.29 is 14.3 Å². The Kier molecular flexibility index (Phi) is 4.84. The number of nitrogens with zero attached hydrogens (tertiary/aromatic N) is 1. The minimum Gasteiger partial charge on any atom is -0.465 e. The number of para-hydroxylation sites is 1. The van der Waals surface area contributed by atoms with Crippen LogP contribution in [-0.2, 0) is 9.53 Å². The van der Waals surface area contributed by atoms with Crippen molar-refractivity contribution in [3.8, 4) is 6.07 Å². The molecule has 0 spiro atoms. The molecule has 28 heavy (non-hydrogen) atoms. The molecular weight excluding hydrogens is 354 g/mol. The van der Waals surface area contributed by atoms with Crippen LogP contribution in [0, 0.1) is 29.1 Å². The number of nitrogens with one attached hydrogen (secondary N) is 2. The molecule has 4 saturated carbocycles. The molecule has 1 aromatic rings. The summed E-state index contributed by atoms with van der Waals surface area (Å²) in [4.78, 5) is 24.5. The van der Waals surface area contributed by atoms with E-state index in [-0.39, 0.29) is 16.7 Å². The first-order valence-electron chi connectivity index (χ1n) is 9.88. The zero-order chi connectivity index (χ0) is 19.7. The zero-order valence-corrected chi connectivity index (χ0v) is 16.0. The van der Waals surface area contributed by atoms with Gasteiger partial charge in [0.05, 0.1) is 18.4 Å². The first-order valence-corrected chi connectivity index (χ1v) is 9.88. The number of hydrogen-bond donors (Lipinski definition) is 2. The fraction of sp³-hybridized carbons (Fsp3) is 0.500. The van der Waals surface area contributed by atoms with Crippen molar-refractivity contribution in [3.63, 3.8) is 0 Å². The van der Waals surface area contributed by atoms with Gasteiger partial charge < -0.3 is 15.4 Å². The predicted octanol–water partition coefficient (Wildman–Crippen LogP) is 3.38. The highest BCUT2D eigenvalue weighted by molar-refractivity contribution is 6.09. The third kappa shape index (κ3) is 3.49. The maximum absolute atomic E-state index is 12.6. The van der Waals surface area contributed by atoms with Crippen molar-refractivity contribution in [1.29, 1.82) is 5.26 Å². The van der Waals surface area contributed by atoms with E-state index in [4.69, 9.17) is 4.74 Å². The lowest BCUT2D eigenvalue weighted by molar-refractivity contribution is -0.112. The molecule has 4 fully saturated rings. The van der Waals surface area contributed by atoms with Crippen LogP contribution in [0.3, 0.4) is 0 Å². The molecule has 6 heteroatoms. The number of methoxy groups -OCH3 is 1. The van der Waals surface area contributed by atoms with Gasteiger partial charge in [0.25, 0.3) is 5.91 Å². The second-order valence-corrected chi connectivity index (χ2v) is 8.50. The molecular formula is C22H25N3O3. The molecule has 0 radical (unpaired) electrons. The van der Waals surface area contributed by atoms with Gasteiger partial charge in [-0.2, -0.15) is 5.26 Å². The highest BCUT2D eigenvalue weighted by Crippen LogP contribution is 2.55. The number of anilines is 1. The van der Waals surface area contributed by atoms with E-state index in [9.17, 15) is 14.9 Å². The molecule has 0 aliphatic heterocycles. The summed E-state index contributed by atoms with van der Waals surface area (Å²) in [7, 11) is 1.29. The Balaban J connectivity index is 1.48. The highest BCUT2D eigenvalue weighted by atomic mass is 16.5. The summed E-state index contributed by atoms with van der Waals surface area (Å²) in [6.45, 7) is 0. The number of carbonyl (C=O) groups excluding carboxylic acids is 2. The number of nitriles is 1. The number of amides is 1. The molecule has 4 bridgehead atoms. The summed E-state index contributed by atoms with van der Waals surface area (Å²) < 4.78 is 4.75. The molecule has 0 heterocycles. The van der Waals surface area contributed by atoms with Crippen LogP contribution in [0.15, 0.2) is 36.0 Å². The molecule has 1 aromatic carbocycles. The van der Waals surface area contributed by atoms with E-state index in [1.165, 1.54) is 26.4 Å². The third-order valence-electron chi connectivity index (χ3n) is 6.51. The van der Waals surface area contributed by atoms with Gasteiger partial charge in [-0.1, -0.05) is 12.1 Å². The lowest BCUT2D eigenvalue weighted by Crippen LogP contribution is -2.57. The van der Waals surface area contributed by atoms with Crippen LogP contribution in [0.4, 0.5) is 5.69 Å². The van der Waals surface area contributed by atoms with Gasteiger partial charge in [0.2, 0.25) is 0 Å². The molecule has 4 aliphatic carbocycles. The van der Waals surface area contributed by atoms with Crippen molar-refractivity contribution in [2.75, 3.05) is 12.4 Å². The summed E-state index contributed by atoms with van der Waals surface area (Å²) in [5, 5.41) is 15.6. The molecule has 1 amide bonds. The Hall–Kier alpha value is -2.81. The van der Waals surface area contributed by atoms with Gasteiger partial charge in [0, 0.05) is 11.7 Å². The largest absolute Gasteiger partial charge is 0.465 e. The van der Waals surface area contributed by atoms with E-state index in [0.717, 1.165) is 37.0 Å². The Morgan fingerprint density at radius 1 is 1.14 bits per heavy atom. The molecule has 5 rings (SSSR count). The average Bonchev–Trinajstić information content (AvgIpc) is 2.67. The fourth-order valence-electron chi connectivity index (χ4n) is 5.73. The van der Waals surface area contributed by atoms with E-state index >= 15 is 0 Å². The summed E-state index contributed by atoms with van der Waals surface area (Å²) >= 11 is 0. The van der Waals surface area contributed by atoms with E-state index in [1.807, 2.05) is 6.07 Å². The predicted molar refractivity (Wildman–Crippen MR) is 104 cm³/mol. The lowest BCUT2D eigenvalue weighted by atomic mass is 9.53. The van der Waals surface area contributed by atoms with E-state index in [0.29, 0.717) is 5.69 Å². The van der Waals surface area contributed by atoms with Gasteiger partial charge in [-0.25, -0.2) is 4.79 Å². The maximum Gasteiger partial charge on any atom is 0.339 e. The normalized spacial score (nSPS) is 30.4. The van der Waals surface area contributed by atoms with Crippen LogP contribution in [0.5, 0.6) is 0 Å². The minimum atomic E-state index is -0.537. The van der Waals surface area contributed by atoms with E-state index in [1.54, 1.807) is 30.5 Å². The second-order valence-electron chi connectivity index (χ2n) is 8.50. The van der Waals surface area contributed by atoms with Crippen LogP contribution >= 0.6 is 0 Å². The van der Waals surface area contributed by atoms with Crippen LogP contribution in [0.25, 0.3) is 0 Å². The third-order valence-corrected chi connectivity index (χ3v) is 6.51. The number of rotatable bonds is 5. The van der Waals surface area contributed by atoms with Crippen molar-refractivity contribution in [2.45, 2.75) is 44.1 Å². The number of carbonyl (C=O) groups is 2. The molecule has 2 N–H and O–H groups in total. The second kappa shape index (κ2) is 7.31.